The molecule has 1 fully saturated rings. The van der Waals surface area contributed by atoms with E-state index in [0.29, 0.717) is 12.1 Å². The minimum absolute atomic E-state index is 0.0402. The molecule has 0 saturated carbocycles. The highest BCUT2D eigenvalue weighted by Crippen LogP contribution is 2.32. The lowest BCUT2D eigenvalue weighted by Crippen LogP contribution is -2.16. The average molecular weight is 444 g/mol. The number of benzene rings is 1. The third kappa shape index (κ3) is 4.34. The van der Waals surface area contributed by atoms with E-state index in [1.165, 1.54) is 16.9 Å². The average Bonchev–Trinajstić information content (AvgIpc) is 3.39. The van der Waals surface area contributed by atoms with Gasteiger partial charge in [0.1, 0.15) is 0 Å². The Morgan fingerprint density at radius 2 is 1.93 bits per heavy atom. The molecule has 158 valence electrons. The predicted molar refractivity (Wildman–Crippen MR) is 121 cm³/mol. The fourth-order valence-electron chi connectivity index (χ4n) is 3.61. The van der Waals surface area contributed by atoms with Crippen LogP contribution in [0.15, 0.2) is 47.8 Å². The monoisotopic (exact) mass is 443 g/mol. The Balaban J connectivity index is 1.61. The molecule has 4 rings (SSSR count). The van der Waals surface area contributed by atoms with Crippen molar-refractivity contribution in [3.8, 4) is 10.6 Å². The Kier molecular flexibility index (Phi) is 5.32. The van der Waals surface area contributed by atoms with Gasteiger partial charge in [-0.2, -0.15) is 5.10 Å². The first-order valence-electron chi connectivity index (χ1n) is 9.88. The SMILES string of the molecule is CC(C)(C)c1ccc(NC(=O)c2cc(-c3cccs3)n(C3CCS(=O)(=O)C3)n2)cc1. The van der Waals surface area contributed by atoms with Gasteiger partial charge in [0, 0.05) is 5.69 Å². The van der Waals surface area contributed by atoms with Gasteiger partial charge in [0.15, 0.2) is 15.5 Å². The van der Waals surface area contributed by atoms with E-state index in [2.05, 4.69) is 31.2 Å². The molecule has 0 radical (unpaired) electrons. The highest BCUT2D eigenvalue weighted by molar-refractivity contribution is 7.91. The number of anilines is 1. The number of nitrogens with zero attached hydrogens (tertiary/aromatic N) is 2. The normalized spacial score (nSPS) is 18.4. The molecule has 1 aromatic carbocycles. The van der Waals surface area contributed by atoms with Gasteiger partial charge in [0.05, 0.1) is 28.1 Å². The molecule has 1 unspecified atom stereocenters. The van der Waals surface area contributed by atoms with Crippen LogP contribution in [-0.2, 0) is 15.3 Å². The van der Waals surface area contributed by atoms with E-state index in [1.54, 1.807) is 10.7 Å². The van der Waals surface area contributed by atoms with Crippen LogP contribution >= 0.6 is 11.3 Å². The van der Waals surface area contributed by atoms with E-state index in [9.17, 15) is 13.2 Å². The predicted octanol–water partition coefficient (Wildman–Crippen LogP) is 4.52. The van der Waals surface area contributed by atoms with E-state index < -0.39 is 9.84 Å². The molecule has 1 aliphatic heterocycles. The number of hydrogen-bond donors (Lipinski definition) is 1. The van der Waals surface area contributed by atoms with Crippen molar-refractivity contribution < 1.29 is 13.2 Å². The number of carbonyl (C=O) groups is 1. The van der Waals surface area contributed by atoms with Crippen molar-refractivity contribution in [1.82, 2.24) is 9.78 Å². The fourth-order valence-corrected chi connectivity index (χ4v) is 6.04. The molecule has 2 aromatic heterocycles. The topological polar surface area (TPSA) is 81.1 Å². The second-order valence-electron chi connectivity index (χ2n) is 8.68. The Labute approximate surface area is 180 Å². The molecular formula is C22H25N3O3S2. The lowest BCUT2D eigenvalue weighted by molar-refractivity contribution is 0.102. The molecule has 1 aliphatic rings. The molecule has 30 heavy (non-hydrogen) atoms. The lowest BCUT2D eigenvalue weighted by Gasteiger charge is -2.19. The van der Waals surface area contributed by atoms with Gasteiger partial charge in [0.2, 0.25) is 0 Å². The molecule has 6 nitrogen and oxygen atoms in total. The zero-order chi connectivity index (χ0) is 21.5. The van der Waals surface area contributed by atoms with Gasteiger partial charge in [-0.15, -0.1) is 11.3 Å². The zero-order valence-corrected chi connectivity index (χ0v) is 18.9. The minimum Gasteiger partial charge on any atom is -0.321 e. The van der Waals surface area contributed by atoms with E-state index in [0.717, 1.165) is 10.6 Å². The lowest BCUT2D eigenvalue weighted by atomic mass is 9.87. The number of carbonyl (C=O) groups excluding carboxylic acids is 1. The van der Waals surface area contributed by atoms with Crippen molar-refractivity contribution in [2.45, 2.75) is 38.6 Å². The van der Waals surface area contributed by atoms with E-state index >= 15 is 0 Å². The van der Waals surface area contributed by atoms with Crippen molar-refractivity contribution in [3.05, 3.63) is 59.1 Å². The summed E-state index contributed by atoms with van der Waals surface area (Å²) in [5.41, 5.74) is 2.98. The number of thiophene rings is 1. The molecule has 1 saturated heterocycles. The van der Waals surface area contributed by atoms with E-state index in [4.69, 9.17) is 0 Å². The molecule has 0 spiro atoms. The molecule has 3 aromatic rings. The van der Waals surface area contributed by atoms with Gasteiger partial charge in [-0.05, 0) is 47.0 Å². The van der Waals surface area contributed by atoms with Crippen molar-refractivity contribution in [1.29, 1.82) is 0 Å². The van der Waals surface area contributed by atoms with Gasteiger partial charge in [0.25, 0.3) is 5.91 Å². The Morgan fingerprint density at radius 3 is 2.50 bits per heavy atom. The van der Waals surface area contributed by atoms with Crippen molar-refractivity contribution in [3.63, 3.8) is 0 Å². The van der Waals surface area contributed by atoms with Crippen LogP contribution in [0.1, 0.15) is 49.3 Å². The third-order valence-electron chi connectivity index (χ3n) is 5.31. The maximum absolute atomic E-state index is 12.9. The number of sulfone groups is 1. The van der Waals surface area contributed by atoms with E-state index in [1.807, 2.05) is 41.8 Å². The maximum Gasteiger partial charge on any atom is 0.276 e. The minimum atomic E-state index is -3.06. The molecule has 3 heterocycles. The van der Waals surface area contributed by atoms with Crippen LogP contribution in [0.4, 0.5) is 5.69 Å². The first-order chi connectivity index (χ1) is 14.1. The Hall–Kier alpha value is -2.45. The van der Waals surface area contributed by atoms with Crippen LogP contribution in [-0.4, -0.2) is 35.6 Å². The van der Waals surface area contributed by atoms with Crippen LogP contribution in [0.5, 0.6) is 0 Å². The summed E-state index contributed by atoms with van der Waals surface area (Å²) in [5, 5.41) is 9.37. The van der Waals surface area contributed by atoms with Gasteiger partial charge in [-0.1, -0.05) is 39.0 Å². The molecule has 1 amide bonds. The van der Waals surface area contributed by atoms with Gasteiger partial charge in [-0.25, -0.2) is 8.42 Å². The number of hydrogen-bond acceptors (Lipinski definition) is 5. The Morgan fingerprint density at radius 1 is 1.20 bits per heavy atom. The second kappa shape index (κ2) is 7.67. The third-order valence-corrected chi connectivity index (χ3v) is 7.95. The molecule has 8 heteroatoms. The first-order valence-corrected chi connectivity index (χ1v) is 12.6. The van der Waals surface area contributed by atoms with Gasteiger partial charge >= 0.3 is 0 Å². The summed E-state index contributed by atoms with van der Waals surface area (Å²) in [5.74, 6) is -0.0956. The summed E-state index contributed by atoms with van der Waals surface area (Å²) in [6.07, 6.45) is 0.512. The quantitative estimate of drug-likeness (QED) is 0.643. The van der Waals surface area contributed by atoms with Crippen LogP contribution in [0.2, 0.25) is 0 Å². The first kappa shape index (κ1) is 20.8. The number of aromatic nitrogens is 2. The van der Waals surface area contributed by atoms with Crippen molar-refractivity contribution in [2.24, 2.45) is 0 Å². The Bertz CT molecular complexity index is 1160. The summed E-state index contributed by atoms with van der Waals surface area (Å²) >= 11 is 1.54. The van der Waals surface area contributed by atoms with Gasteiger partial charge in [-0.3, -0.25) is 9.48 Å². The zero-order valence-electron chi connectivity index (χ0n) is 17.3. The molecule has 1 atom stereocenters. The van der Waals surface area contributed by atoms with Crippen molar-refractivity contribution >= 4 is 32.8 Å². The summed E-state index contributed by atoms with van der Waals surface area (Å²) in [7, 11) is -3.06. The molecule has 1 N–H and O–H groups in total. The highest BCUT2D eigenvalue weighted by Gasteiger charge is 2.32. The van der Waals surface area contributed by atoms with E-state index in [-0.39, 0.29) is 34.6 Å². The summed E-state index contributed by atoms with van der Waals surface area (Å²) in [6, 6.07) is 13.2. The molecule has 0 bridgehead atoms. The summed E-state index contributed by atoms with van der Waals surface area (Å²) < 4.78 is 25.7. The van der Waals surface area contributed by atoms with Crippen LogP contribution in [0.25, 0.3) is 10.6 Å². The maximum atomic E-state index is 12.9. The van der Waals surface area contributed by atoms with Crippen LogP contribution in [0, 0.1) is 0 Å². The number of nitrogens with one attached hydrogen (secondary N) is 1. The molecular weight excluding hydrogens is 418 g/mol. The van der Waals surface area contributed by atoms with Crippen LogP contribution in [0.3, 0.4) is 0 Å². The number of rotatable bonds is 4. The largest absolute Gasteiger partial charge is 0.321 e. The summed E-state index contributed by atoms with van der Waals surface area (Å²) in [6.45, 7) is 6.42. The second-order valence-corrected chi connectivity index (χ2v) is 11.9. The van der Waals surface area contributed by atoms with Crippen molar-refractivity contribution in [2.75, 3.05) is 16.8 Å². The summed E-state index contributed by atoms with van der Waals surface area (Å²) in [4.78, 5) is 13.8. The standard InChI is InChI=1S/C22H25N3O3S2/c1-22(2,3)15-6-8-16(9-7-15)23-21(26)18-13-19(20-5-4-11-29-20)25(24-18)17-10-12-30(27,28)14-17/h4-9,11,13,17H,10,12,14H2,1-3H3,(H,23,26). The smallest absolute Gasteiger partial charge is 0.276 e. The van der Waals surface area contributed by atoms with Crippen LogP contribution < -0.4 is 5.32 Å². The number of amides is 1. The highest BCUT2D eigenvalue weighted by atomic mass is 32.2. The molecule has 0 aliphatic carbocycles. The van der Waals surface area contributed by atoms with Gasteiger partial charge < -0.3 is 5.32 Å². The fraction of sp³-hybridized carbons (Fsp3) is 0.364.